The van der Waals surface area contributed by atoms with E-state index in [0.29, 0.717) is 22.7 Å². The highest BCUT2D eigenvalue weighted by molar-refractivity contribution is 6.02. The van der Waals surface area contributed by atoms with Gasteiger partial charge in [0.15, 0.2) is 5.43 Å². The molecular weight excluding hydrogens is 269 g/mol. The molecule has 0 radical (unpaired) electrons. The van der Waals surface area contributed by atoms with Crippen LogP contribution in [0.4, 0.5) is 13.2 Å². The first-order valence-corrected chi connectivity index (χ1v) is 5.87. The zero-order chi connectivity index (χ0) is 14.5. The van der Waals surface area contributed by atoms with Gasteiger partial charge in [-0.15, -0.1) is 0 Å². The summed E-state index contributed by atoms with van der Waals surface area (Å²) in [5.74, 6) is 0. The summed E-state index contributed by atoms with van der Waals surface area (Å²) in [7, 11) is 0. The second kappa shape index (κ2) is 4.06. The van der Waals surface area contributed by atoms with E-state index in [-0.39, 0.29) is 10.9 Å². The molecule has 0 unspecified atom stereocenters. The Balaban J connectivity index is 2.51. The summed E-state index contributed by atoms with van der Waals surface area (Å²) in [5.41, 5.74) is -0.581. The van der Waals surface area contributed by atoms with Crippen LogP contribution in [0.3, 0.4) is 0 Å². The molecule has 2 heterocycles. The number of nitrogens with one attached hydrogen (secondary N) is 1. The van der Waals surface area contributed by atoms with Crippen LogP contribution >= 0.6 is 0 Å². The first kappa shape index (κ1) is 12.7. The number of hydrogen-bond acceptors (Lipinski definition) is 2. The SMILES string of the molecule is Cc1ccc2ccc3c(=O)cc(C(F)(F)F)[nH]c3c2n1. The number of benzene rings is 1. The van der Waals surface area contributed by atoms with Crippen molar-refractivity contribution in [2.24, 2.45) is 0 Å². The van der Waals surface area contributed by atoms with E-state index in [0.717, 1.165) is 0 Å². The summed E-state index contributed by atoms with van der Waals surface area (Å²) in [4.78, 5) is 18.3. The molecule has 2 aromatic heterocycles. The molecule has 20 heavy (non-hydrogen) atoms. The predicted molar refractivity (Wildman–Crippen MR) is 69.6 cm³/mol. The van der Waals surface area contributed by atoms with Gasteiger partial charge in [0.1, 0.15) is 5.69 Å². The van der Waals surface area contributed by atoms with Crippen molar-refractivity contribution in [3.05, 3.63) is 51.9 Å². The van der Waals surface area contributed by atoms with E-state index in [1.165, 1.54) is 6.07 Å². The summed E-state index contributed by atoms with van der Waals surface area (Å²) in [6, 6.07) is 7.28. The van der Waals surface area contributed by atoms with Gasteiger partial charge in [0.25, 0.3) is 0 Å². The van der Waals surface area contributed by atoms with Crippen LogP contribution in [0.25, 0.3) is 21.8 Å². The normalized spacial score (nSPS) is 12.2. The Labute approximate surface area is 111 Å². The molecule has 3 rings (SSSR count). The molecule has 0 aliphatic rings. The highest BCUT2D eigenvalue weighted by Gasteiger charge is 2.32. The van der Waals surface area contributed by atoms with Crippen LogP contribution in [0.5, 0.6) is 0 Å². The first-order chi connectivity index (χ1) is 9.36. The van der Waals surface area contributed by atoms with E-state index < -0.39 is 17.3 Å². The summed E-state index contributed by atoms with van der Waals surface area (Å²) in [5, 5.41) is 0.877. The lowest BCUT2D eigenvalue weighted by Gasteiger charge is -2.09. The maximum Gasteiger partial charge on any atom is 0.431 e. The van der Waals surface area contributed by atoms with E-state index in [1.807, 2.05) is 0 Å². The van der Waals surface area contributed by atoms with Crippen molar-refractivity contribution in [1.29, 1.82) is 0 Å². The van der Waals surface area contributed by atoms with E-state index in [2.05, 4.69) is 9.97 Å². The number of halogens is 3. The Hall–Kier alpha value is -2.37. The largest absolute Gasteiger partial charge is 0.431 e. The molecule has 3 nitrogen and oxygen atoms in total. The van der Waals surface area contributed by atoms with Crippen LogP contribution in [0.15, 0.2) is 35.1 Å². The minimum absolute atomic E-state index is 0.117. The Morgan fingerprint density at radius 3 is 2.55 bits per heavy atom. The zero-order valence-electron chi connectivity index (χ0n) is 10.4. The molecule has 0 saturated carbocycles. The monoisotopic (exact) mass is 278 g/mol. The maximum absolute atomic E-state index is 12.8. The van der Waals surface area contributed by atoms with Crippen LogP contribution < -0.4 is 5.43 Å². The maximum atomic E-state index is 12.8. The number of alkyl halides is 3. The van der Waals surface area contributed by atoms with Crippen molar-refractivity contribution < 1.29 is 13.2 Å². The molecule has 0 aliphatic heterocycles. The summed E-state index contributed by atoms with van der Waals surface area (Å²) >= 11 is 0. The molecule has 0 saturated heterocycles. The van der Waals surface area contributed by atoms with E-state index in [9.17, 15) is 18.0 Å². The third-order valence-corrected chi connectivity index (χ3v) is 3.11. The third-order valence-electron chi connectivity index (χ3n) is 3.11. The van der Waals surface area contributed by atoms with Crippen LogP contribution in [-0.4, -0.2) is 9.97 Å². The van der Waals surface area contributed by atoms with Gasteiger partial charge in [-0.25, -0.2) is 0 Å². The molecule has 6 heteroatoms. The quantitative estimate of drug-likeness (QED) is 0.640. The lowest BCUT2D eigenvalue weighted by molar-refractivity contribution is -0.141. The third kappa shape index (κ3) is 1.93. The van der Waals surface area contributed by atoms with Crippen molar-refractivity contribution in [1.82, 2.24) is 9.97 Å². The molecule has 0 atom stereocenters. The standard InChI is InChI=1S/C14H9F3N2O/c1-7-2-3-8-4-5-9-10(20)6-11(14(15,16)17)19-13(9)12(8)18-7/h2-6H,1H3,(H,19,20). The first-order valence-electron chi connectivity index (χ1n) is 5.87. The molecule has 0 spiro atoms. The summed E-state index contributed by atoms with van der Waals surface area (Å²) in [6.07, 6.45) is -4.60. The molecule has 0 aliphatic carbocycles. The Morgan fingerprint density at radius 2 is 1.85 bits per heavy atom. The number of aryl methyl sites for hydroxylation is 1. The van der Waals surface area contributed by atoms with Crippen LogP contribution in [0.1, 0.15) is 11.4 Å². The van der Waals surface area contributed by atoms with Gasteiger partial charge >= 0.3 is 6.18 Å². The minimum Gasteiger partial charge on any atom is -0.349 e. The molecule has 3 aromatic rings. The Kier molecular flexibility index (Phi) is 2.57. The lowest BCUT2D eigenvalue weighted by atomic mass is 10.1. The van der Waals surface area contributed by atoms with Crippen LogP contribution in [0, 0.1) is 6.92 Å². The fourth-order valence-corrected chi connectivity index (χ4v) is 2.15. The van der Waals surface area contributed by atoms with Crippen molar-refractivity contribution in [3.8, 4) is 0 Å². The number of hydrogen-bond donors (Lipinski definition) is 1. The molecule has 0 bridgehead atoms. The summed E-state index contributed by atoms with van der Waals surface area (Å²) < 4.78 is 38.4. The van der Waals surface area contributed by atoms with Gasteiger partial charge < -0.3 is 4.98 Å². The highest BCUT2D eigenvalue weighted by atomic mass is 19.4. The highest BCUT2D eigenvalue weighted by Crippen LogP contribution is 2.29. The topological polar surface area (TPSA) is 45.8 Å². The van der Waals surface area contributed by atoms with Crippen molar-refractivity contribution in [2.75, 3.05) is 0 Å². The van der Waals surface area contributed by atoms with Crippen LogP contribution in [0.2, 0.25) is 0 Å². The van der Waals surface area contributed by atoms with E-state index >= 15 is 0 Å². The van der Waals surface area contributed by atoms with Gasteiger partial charge in [0.05, 0.1) is 11.0 Å². The number of rotatable bonds is 0. The minimum atomic E-state index is -4.60. The van der Waals surface area contributed by atoms with Crippen molar-refractivity contribution >= 4 is 21.8 Å². The van der Waals surface area contributed by atoms with Gasteiger partial charge in [-0.2, -0.15) is 13.2 Å². The van der Waals surface area contributed by atoms with Crippen molar-refractivity contribution in [2.45, 2.75) is 13.1 Å². The molecule has 0 amide bonds. The zero-order valence-corrected chi connectivity index (χ0v) is 10.4. The molecule has 0 fully saturated rings. The second-order valence-electron chi connectivity index (χ2n) is 4.56. The predicted octanol–water partition coefficient (Wildman–Crippen LogP) is 3.40. The van der Waals surface area contributed by atoms with Gasteiger partial charge in [0.2, 0.25) is 0 Å². The average Bonchev–Trinajstić information content (AvgIpc) is 2.37. The average molecular weight is 278 g/mol. The van der Waals surface area contributed by atoms with Gasteiger partial charge in [-0.05, 0) is 19.1 Å². The number of pyridine rings is 2. The fraction of sp³-hybridized carbons (Fsp3) is 0.143. The van der Waals surface area contributed by atoms with E-state index in [4.69, 9.17) is 0 Å². The molecule has 1 N–H and O–H groups in total. The lowest BCUT2D eigenvalue weighted by Crippen LogP contribution is -2.14. The number of nitrogens with zero attached hydrogens (tertiary/aromatic N) is 1. The van der Waals surface area contributed by atoms with E-state index in [1.54, 1.807) is 25.1 Å². The number of aromatic nitrogens is 2. The molecule has 102 valence electrons. The molecular formula is C14H9F3N2O. The Bertz CT molecular complexity index is 881. The van der Waals surface area contributed by atoms with Crippen LogP contribution in [-0.2, 0) is 6.18 Å². The second-order valence-corrected chi connectivity index (χ2v) is 4.56. The van der Waals surface area contributed by atoms with Crippen molar-refractivity contribution in [3.63, 3.8) is 0 Å². The van der Waals surface area contributed by atoms with Gasteiger partial charge in [-0.1, -0.05) is 12.1 Å². The Morgan fingerprint density at radius 1 is 1.15 bits per heavy atom. The van der Waals surface area contributed by atoms with Gasteiger partial charge in [0, 0.05) is 22.5 Å². The summed E-state index contributed by atoms with van der Waals surface area (Å²) in [6.45, 7) is 1.74. The molecule has 1 aromatic carbocycles. The number of fused-ring (bicyclic) bond motifs is 3. The smallest absolute Gasteiger partial charge is 0.349 e. The number of aromatic amines is 1. The van der Waals surface area contributed by atoms with Gasteiger partial charge in [-0.3, -0.25) is 9.78 Å². The fourth-order valence-electron chi connectivity index (χ4n) is 2.15. The number of H-pyrrole nitrogens is 1.